The van der Waals surface area contributed by atoms with Crippen molar-refractivity contribution in [3.8, 4) is 0 Å². The van der Waals surface area contributed by atoms with Crippen molar-refractivity contribution in [1.29, 1.82) is 0 Å². The van der Waals surface area contributed by atoms with E-state index in [0.717, 1.165) is 0 Å². The molecule has 0 amide bonds. The van der Waals surface area contributed by atoms with Gasteiger partial charge in [0.2, 0.25) is 0 Å². The minimum Gasteiger partial charge on any atom is -0.382 e. The number of benzene rings is 1. The minimum atomic E-state index is -0.845. The maximum Gasteiger partial charge on any atom is 0.123 e. The fourth-order valence-corrected chi connectivity index (χ4v) is 1.34. The summed E-state index contributed by atoms with van der Waals surface area (Å²) in [4.78, 5) is 0. The number of nitrogens with one attached hydrogen (secondary N) is 1. The molecule has 0 saturated carbocycles. The van der Waals surface area contributed by atoms with E-state index in [1.165, 1.54) is 12.1 Å². The Morgan fingerprint density at radius 3 is 2.54 bits per heavy atom. The molecule has 0 spiro atoms. The first-order chi connectivity index (χ1) is 5.71. The predicted octanol–water partition coefficient (Wildman–Crippen LogP) is 1.04. The zero-order valence-corrected chi connectivity index (χ0v) is 7.77. The van der Waals surface area contributed by atoms with Crippen molar-refractivity contribution >= 4 is 12.4 Å². The number of hydrogen-bond acceptors (Lipinski definition) is 2. The lowest BCUT2D eigenvalue weighted by Crippen LogP contribution is -2.56. The first-order valence-corrected chi connectivity index (χ1v) is 3.90. The lowest BCUT2D eigenvalue weighted by Gasteiger charge is -2.37. The van der Waals surface area contributed by atoms with E-state index in [0.29, 0.717) is 18.7 Å². The molecule has 1 fully saturated rings. The van der Waals surface area contributed by atoms with Crippen LogP contribution in [0.15, 0.2) is 24.3 Å². The summed E-state index contributed by atoms with van der Waals surface area (Å²) in [5, 5.41) is 12.7. The van der Waals surface area contributed by atoms with Crippen molar-refractivity contribution in [2.75, 3.05) is 13.1 Å². The van der Waals surface area contributed by atoms with Crippen LogP contribution in [0, 0.1) is 5.82 Å². The van der Waals surface area contributed by atoms with Gasteiger partial charge < -0.3 is 10.4 Å². The van der Waals surface area contributed by atoms with Crippen molar-refractivity contribution in [1.82, 2.24) is 5.32 Å². The normalized spacial score (nSPS) is 18.6. The van der Waals surface area contributed by atoms with Crippen LogP contribution in [0.2, 0.25) is 0 Å². The van der Waals surface area contributed by atoms with Crippen molar-refractivity contribution in [2.24, 2.45) is 0 Å². The molecular formula is C9H11ClFNO. The van der Waals surface area contributed by atoms with Gasteiger partial charge in [-0.2, -0.15) is 0 Å². The highest BCUT2D eigenvalue weighted by molar-refractivity contribution is 5.85. The molecule has 13 heavy (non-hydrogen) atoms. The summed E-state index contributed by atoms with van der Waals surface area (Å²) in [6.45, 7) is 1.02. The van der Waals surface area contributed by atoms with E-state index in [1.807, 2.05) is 0 Å². The van der Waals surface area contributed by atoms with E-state index in [1.54, 1.807) is 12.1 Å². The van der Waals surface area contributed by atoms with E-state index < -0.39 is 5.60 Å². The van der Waals surface area contributed by atoms with Crippen LogP contribution in [0.3, 0.4) is 0 Å². The quantitative estimate of drug-likeness (QED) is 0.715. The van der Waals surface area contributed by atoms with E-state index in [4.69, 9.17) is 0 Å². The Kier molecular flexibility index (Phi) is 2.91. The van der Waals surface area contributed by atoms with Gasteiger partial charge in [0.1, 0.15) is 11.4 Å². The standard InChI is InChI=1S/C9H10FNO.ClH/c10-8-3-1-2-7(4-8)9(12)5-11-6-9;/h1-4,11-12H,5-6H2;1H. The molecule has 0 unspecified atom stereocenters. The molecule has 1 aliphatic heterocycles. The first-order valence-electron chi connectivity index (χ1n) is 3.90. The lowest BCUT2D eigenvalue weighted by molar-refractivity contribution is -0.0149. The third kappa shape index (κ3) is 1.82. The molecule has 1 aromatic carbocycles. The average molecular weight is 204 g/mol. The Balaban J connectivity index is 0.000000845. The molecule has 1 heterocycles. The Labute approximate surface area is 82.2 Å². The molecule has 0 atom stereocenters. The van der Waals surface area contributed by atoms with Crippen LogP contribution in [0.1, 0.15) is 5.56 Å². The molecule has 0 aliphatic carbocycles. The Bertz CT molecular complexity index is 301. The Morgan fingerprint density at radius 1 is 1.38 bits per heavy atom. The fourth-order valence-electron chi connectivity index (χ4n) is 1.34. The number of β-amino-alcohol motifs (C(OH)–C–C–N with tert-alkyl or cyclic N) is 1. The maximum atomic E-state index is 12.7. The summed E-state index contributed by atoms with van der Waals surface area (Å²) in [5.74, 6) is -0.298. The van der Waals surface area contributed by atoms with Gasteiger partial charge in [0.25, 0.3) is 0 Å². The predicted molar refractivity (Wildman–Crippen MR) is 50.4 cm³/mol. The number of rotatable bonds is 1. The van der Waals surface area contributed by atoms with Crippen LogP contribution in [0.5, 0.6) is 0 Å². The zero-order valence-electron chi connectivity index (χ0n) is 6.96. The topological polar surface area (TPSA) is 32.3 Å². The Hall–Kier alpha value is -0.640. The summed E-state index contributed by atoms with van der Waals surface area (Å²) < 4.78 is 12.7. The van der Waals surface area contributed by atoms with Gasteiger partial charge in [0.15, 0.2) is 0 Å². The third-order valence-electron chi connectivity index (χ3n) is 2.20. The SMILES string of the molecule is Cl.OC1(c2cccc(F)c2)CNC1. The summed E-state index contributed by atoms with van der Waals surface area (Å²) in [6.07, 6.45) is 0. The van der Waals surface area contributed by atoms with Gasteiger partial charge in [-0.25, -0.2) is 4.39 Å². The van der Waals surface area contributed by atoms with Crippen molar-refractivity contribution in [2.45, 2.75) is 5.60 Å². The van der Waals surface area contributed by atoms with Gasteiger partial charge in [0, 0.05) is 13.1 Å². The highest BCUT2D eigenvalue weighted by Gasteiger charge is 2.36. The highest BCUT2D eigenvalue weighted by atomic mass is 35.5. The summed E-state index contributed by atoms with van der Waals surface area (Å²) in [5.41, 5.74) is -0.191. The third-order valence-corrected chi connectivity index (χ3v) is 2.20. The monoisotopic (exact) mass is 203 g/mol. The molecule has 0 aromatic heterocycles. The molecule has 0 radical (unpaired) electrons. The van der Waals surface area contributed by atoms with Crippen LogP contribution in [0.25, 0.3) is 0 Å². The molecule has 1 aliphatic rings. The lowest BCUT2D eigenvalue weighted by atomic mass is 9.88. The maximum absolute atomic E-state index is 12.7. The zero-order chi connectivity index (χ0) is 8.60. The number of halogens is 2. The largest absolute Gasteiger partial charge is 0.382 e. The van der Waals surface area contributed by atoms with Crippen LogP contribution >= 0.6 is 12.4 Å². The van der Waals surface area contributed by atoms with Crippen LogP contribution in [-0.4, -0.2) is 18.2 Å². The molecule has 4 heteroatoms. The van der Waals surface area contributed by atoms with E-state index in [-0.39, 0.29) is 18.2 Å². The summed E-state index contributed by atoms with van der Waals surface area (Å²) in [6, 6.07) is 6.10. The average Bonchev–Trinajstić information content (AvgIpc) is 2.00. The van der Waals surface area contributed by atoms with Gasteiger partial charge in [-0.1, -0.05) is 12.1 Å². The molecule has 0 bridgehead atoms. The van der Waals surface area contributed by atoms with Crippen LogP contribution in [0.4, 0.5) is 4.39 Å². The molecule has 1 aromatic rings. The summed E-state index contributed by atoms with van der Waals surface area (Å²) in [7, 11) is 0. The van der Waals surface area contributed by atoms with E-state index in [2.05, 4.69) is 5.32 Å². The molecule has 2 N–H and O–H groups in total. The van der Waals surface area contributed by atoms with E-state index >= 15 is 0 Å². The van der Waals surface area contributed by atoms with Gasteiger partial charge in [-0.05, 0) is 17.7 Å². The molecular weight excluding hydrogens is 193 g/mol. The molecule has 1 saturated heterocycles. The van der Waals surface area contributed by atoms with Gasteiger partial charge in [-0.15, -0.1) is 12.4 Å². The van der Waals surface area contributed by atoms with Crippen LogP contribution in [-0.2, 0) is 5.60 Å². The van der Waals surface area contributed by atoms with Gasteiger partial charge in [0.05, 0.1) is 0 Å². The van der Waals surface area contributed by atoms with Crippen molar-refractivity contribution < 1.29 is 9.50 Å². The number of hydrogen-bond donors (Lipinski definition) is 2. The van der Waals surface area contributed by atoms with E-state index in [9.17, 15) is 9.50 Å². The first kappa shape index (κ1) is 10.4. The van der Waals surface area contributed by atoms with Crippen molar-refractivity contribution in [3.63, 3.8) is 0 Å². The van der Waals surface area contributed by atoms with Crippen molar-refractivity contribution in [3.05, 3.63) is 35.6 Å². The molecule has 72 valence electrons. The molecule has 2 rings (SSSR count). The van der Waals surface area contributed by atoms with Gasteiger partial charge in [-0.3, -0.25) is 0 Å². The van der Waals surface area contributed by atoms with Gasteiger partial charge >= 0.3 is 0 Å². The second kappa shape index (κ2) is 3.62. The second-order valence-electron chi connectivity index (χ2n) is 3.15. The van der Waals surface area contributed by atoms with Crippen LogP contribution < -0.4 is 5.32 Å². The Morgan fingerprint density at radius 2 is 2.08 bits per heavy atom. The minimum absolute atomic E-state index is 0. The number of aliphatic hydroxyl groups is 1. The smallest absolute Gasteiger partial charge is 0.123 e. The molecule has 2 nitrogen and oxygen atoms in total. The summed E-state index contributed by atoms with van der Waals surface area (Å²) >= 11 is 0. The second-order valence-corrected chi connectivity index (χ2v) is 3.15. The fraction of sp³-hybridized carbons (Fsp3) is 0.333. The highest BCUT2D eigenvalue weighted by Crippen LogP contribution is 2.25.